The van der Waals surface area contributed by atoms with Crippen LogP contribution in [0.4, 0.5) is 10.1 Å². The molecule has 0 aromatic heterocycles. The van der Waals surface area contributed by atoms with E-state index in [9.17, 15) is 9.18 Å². The first-order valence-electron chi connectivity index (χ1n) is 6.34. The van der Waals surface area contributed by atoms with Gasteiger partial charge in [0.2, 0.25) is 0 Å². The molecule has 0 unspecified atom stereocenters. The van der Waals surface area contributed by atoms with Crippen molar-refractivity contribution in [3.05, 3.63) is 68.4 Å². The molecule has 1 fully saturated rings. The standard InChI is InChI=1S/C16H9FINOS2/c17-11-2-1-3-13(9-11)19-15(20)14(22-16(19)21)8-10-4-6-12(18)7-5-10/h1-9H/b14-8-. The molecule has 2 aromatic carbocycles. The lowest BCUT2D eigenvalue weighted by Gasteiger charge is -2.14. The van der Waals surface area contributed by atoms with E-state index in [4.69, 9.17) is 12.2 Å². The van der Waals surface area contributed by atoms with Crippen LogP contribution in [0.25, 0.3) is 6.08 Å². The second-order valence-corrected chi connectivity index (χ2v) is 7.47. The molecule has 0 bridgehead atoms. The van der Waals surface area contributed by atoms with Gasteiger partial charge in [0.1, 0.15) is 5.82 Å². The SMILES string of the molecule is O=C1/C(=C/c2ccc(I)cc2)SC(=S)N1c1cccc(F)c1. The quantitative estimate of drug-likeness (QED) is 0.378. The van der Waals surface area contributed by atoms with Crippen molar-refractivity contribution in [3.63, 3.8) is 0 Å². The van der Waals surface area contributed by atoms with Crippen LogP contribution < -0.4 is 4.90 Å². The number of carbonyl (C=O) groups is 1. The van der Waals surface area contributed by atoms with Gasteiger partial charge in [-0.2, -0.15) is 0 Å². The minimum atomic E-state index is -0.395. The van der Waals surface area contributed by atoms with Gasteiger partial charge in [0.15, 0.2) is 4.32 Å². The summed E-state index contributed by atoms with van der Waals surface area (Å²) in [5.41, 5.74) is 1.38. The third-order valence-corrected chi connectivity index (χ3v) is 5.05. The van der Waals surface area contributed by atoms with E-state index >= 15 is 0 Å². The molecule has 1 amide bonds. The zero-order chi connectivity index (χ0) is 15.7. The molecule has 0 radical (unpaired) electrons. The van der Waals surface area contributed by atoms with E-state index in [-0.39, 0.29) is 5.91 Å². The summed E-state index contributed by atoms with van der Waals surface area (Å²) in [7, 11) is 0. The summed E-state index contributed by atoms with van der Waals surface area (Å²) in [6.07, 6.45) is 1.80. The molecule has 0 N–H and O–H groups in total. The normalized spacial score (nSPS) is 16.6. The van der Waals surface area contributed by atoms with Gasteiger partial charge in [0.05, 0.1) is 10.6 Å². The van der Waals surface area contributed by atoms with Crippen molar-refractivity contribution in [2.45, 2.75) is 0 Å². The van der Waals surface area contributed by atoms with E-state index in [1.54, 1.807) is 18.2 Å². The Morgan fingerprint density at radius 3 is 2.59 bits per heavy atom. The number of hydrogen-bond donors (Lipinski definition) is 0. The van der Waals surface area contributed by atoms with Crippen LogP contribution in [-0.4, -0.2) is 10.2 Å². The minimum Gasteiger partial charge on any atom is -0.268 e. The van der Waals surface area contributed by atoms with Crippen molar-refractivity contribution in [1.29, 1.82) is 0 Å². The van der Waals surface area contributed by atoms with Gasteiger partial charge in [-0.25, -0.2) is 4.39 Å². The Morgan fingerprint density at radius 1 is 1.18 bits per heavy atom. The van der Waals surface area contributed by atoms with Crippen LogP contribution in [0, 0.1) is 9.39 Å². The summed E-state index contributed by atoms with van der Waals surface area (Å²) < 4.78 is 14.9. The van der Waals surface area contributed by atoms with Crippen LogP contribution in [0.2, 0.25) is 0 Å². The van der Waals surface area contributed by atoms with Crippen molar-refractivity contribution in [2.24, 2.45) is 0 Å². The smallest absolute Gasteiger partial charge is 0.268 e. The lowest BCUT2D eigenvalue weighted by Crippen LogP contribution is -2.27. The number of hydrogen-bond acceptors (Lipinski definition) is 3. The number of amides is 1. The maximum Gasteiger partial charge on any atom is 0.270 e. The molecule has 1 aliphatic rings. The summed E-state index contributed by atoms with van der Waals surface area (Å²) >= 11 is 8.71. The Hall–Kier alpha value is -1.25. The topological polar surface area (TPSA) is 20.3 Å². The number of carbonyl (C=O) groups excluding carboxylic acids is 1. The molecule has 2 aromatic rings. The predicted molar refractivity (Wildman–Crippen MR) is 101 cm³/mol. The van der Waals surface area contributed by atoms with E-state index in [0.29, 0.717) is 14.9 Å². The zero-order valence-electron chi connectivity index (χ0n) is 11.1. The average Bonchev–Trinajstić information content (AvgIpc) is 2.76. The monoisotopic (exact) mass is 441 g/mol. The molecular weight excluding hydrogens is 432 g/mol. The number of nitrogens with zero attached hydrogens (tertiary/aromatic N) is 1. The maximum atomic E-state index is 13.4. The van der Waals surface area contributed by atoms with Crippen molar-refractivity contribution >= 4 is 68.6 Å². The number of anilines is 1. The summed E-state index contributed by atoms with van der Waals surface area (Å²) in [4.78, 5) is 14.4. The van der Waals surface area contributed by atoms with Crippen LogP contribution in [0.1, 0.15) is 5.56 Å². The summed E-state index contributed by atoms with van der Waals surface area (Å²) in [5, 5.41) is 0. The van der Waals surface area contributed by atoms with Gasteiger partial charge in [-0.3, -0.25) is 9.69 Å². The predicted octanol–water partition coefficient (Wildman–Crippen LogP) is 4.84. The van der Waals surface area contributed by atoms with E-state index in [1.807, 2.05) is 24.3 Å². The molecular formula is C16H9FINOS2. The largest absolute Gasteiger partial charge is 0.270 e. The first kappa shape index (κ1) is 15.6. The molecule has 110 valence electrons. The molecule has 2 nitrogen and oxygen atoms in total. The number of thioether (sulfide) groups is 1. The Morgan fingerprint density at radius 2 is 1.91 bits per heavy atom. The van der Waals surface area contributed by atoms with Gasteiger partial charge < -0.3 is 0 Å². The lowest BCUT2D eigenvalue weighted by atomic mass is 10.2. The lowest BCUT2D eigenvalue weighted by molar-refractivity contribution is -0.113. The summed E-state index contributed by atoms with van der Waals surface area (Å²) in [6.45, 7) is 0. The molecule has 6 heteroatoms. The minimum absolute atomic E-state index is 0.223. The highest BCUT2D eigenvalue weighted by Gasteiger charge is 2.33. The molecule has 3 rings (SSSR count). The van der Waals surface area contributed by atoms with E-state index in [1.165, 1.54) is 28.8 Å². The van der Waals surface area contributed by atoms with E-state index < -0.39 is 5.82 Å². The molecule has 0 spiro atoms. The molecule has 0 atom stereocenters. The molecule has 0 saturated carbocycles. The fourth-order valence-electron chi connectivity index (χ4n) is 2.02. The van der Waals surface area contributed by atoms with Gasteiger partial charge >= 0.3 is 0 Å². The molecule has 1 saturated heterocycles. The Kier molecular flexibility index (Phi) is 4.60. The Labute approximate surface area is 150 Å². The highest BCUT2D eigenvalue weighted by Crippen LogP contribution is 2.36. The highest BCUT2D eigenvalue weighted by molar-refractivity contribution is 14.1. The zero-order valence-corrected chi connectivity index (χ0v) is 14.9. The molecule has 0 aliphatic carbocycles. The Balaban J connectivity index is 1.93. The highest BCUT2D eigenvalue weighted by atomic mass is 127. The second-order valence-electron chi connectivity index (χ2n) is 4.55. The molecule has 1 aliphatic heterocycles. The maximum absolute atomic E-state index is 13.4. The van der Waals surface area contributed by atoms with Gasteiger partial charge in [0, 0.05) is 3.57 Å². The van der Waals surface area contributed by atoms with Crippen molar-refractivity contribution < 1.29 is 9.18 Å². The average molecular weight is 441 g/mol. The van der Waals surface area contributed by atoms with Crippen LogP contribution in [-0.2, 0) is 4.79 Å². The van der Waals surface area contributed by atoms with Crippen LogP contribution in [0.3, 0.4) is 0 Å². The van der Waals surface area contributed by atoms with Crippen molar-refractivity contribution in [1.82, 2.24) is 0 Å². The van der Waals surface area contributed by atoms with Crippen LogP contribution in [0.5, 0.6) is 0 Å². The molecule has 1 heterocycles. The van der Waals surface area contributed by atoms with Crippen molar-refractivity contribution in [3.8, 4) is 0 Å². The van der Waals surface area contributed by atoms with Crippen LogP contribution >= 0.6 is 46.6 Å². The first-order chi connectivity index (χ1) is 10.5. The Bertz CT molecular complexity index is 789. The summed E-state index contributed by atoms with van der Waals surface area (Å²) in [6, 6.07) is 13.7. The number of benzene rings is 2. The third kappa shape index (κ3) is 3.23. The van der Waals surface area contributed by atoms with Gasteiger partial charge in [-0.05, 0) is 64.6 Å². The number of rotatable bonds is 2. The number of thiocarbonyl (C=S) groups is 1. The number of halogens is 2. The van der Waals surface area contributed by atoms with Gasteiger partial charge in [-0.1, -0.05) is 42.2 Å². The second kappa shape index (κ2) is 6.47. The van der Waals surface area contributed by atoms with Gasteiger partial charge in [-0.15, -0.1) is 0 Å². The fourth-order valence-corrected chi connectivity index (χ4v) is 3.67. The van der Waals surface area contributed by atoms with Crippen molar-refractivity contribution in [2.75, 3.05) is 4.90 Å². The van der Waals surface area contributed by atoms with Gasteiger partial charge in [0.25, 0.3) is 5.91 Å². The van der Waals surface area contributed by atoms with E-state index in [2.05, 4.69) is 22.6 Å². The third-order valence-electron chi connectivity index (χ3n) is 3.03. The summed E-state index contributed by atoms with van der Waals surface area (Å²) in [5.74, 6) is -0.618. The first-order valence-corrected chi connectivity index (χ1v) is 8.64. The van der Waals surface area contributed by atoms with E-state index in [0.717, 1.165) is 9.13 Å². The molecule has 22 heavy (non-hydrogen) atoms. The van der Waals surface area contributed by atoms with Crippen LogP contribution in [0.15, 0.2) is 53.4 Å². The fraction of sp³-hybridized carbons (Fsp3) is 0.